The van der Waals surface area contributed by atoms with Gasteiger partial charge in [0.1, 0.15) is 5.84 Å². The summed E-state index contributed by atoms with van der Waals surface area (Å²) in [5.41, 5.74) is 5.05. The van der Waals surface area contributed by atoms with Crippen molar-refractivity contribution in [1.29, 1.82) is 0 Å². The van der Waals surface area contributed by atoms with Gasteiger partial charge in [0, 0.05) is 30.3 Å². The first-order chi connectivity index (χ1) is 18.0. The largest absolute Gasteiger partial charge is 0.493 e. The zero-order chi connectivity index (χ0) is 25.9. The molecule has 2 heterocycles. The van der Waals surface area contributed by atoms with Crippen molar-refractivity contribution >= 4 is 28.3 Å². The Morgan fingerprint density at radius 3 is 2.62 bits per heavy atom. The van der Waals surface area contributed by atoms with E-state index in [1.807, 2.05) is 55.5 Å². The van der Waals surface area contributed by atoms with Crippen LogP contribution < -0.4 is 25.7 Å². The van der Waals surface area contributed by atoms with E-state index in [9.17, 15) is 9.59 Å². The zero-order valence-electron chi connectivity index (χ0n) is 20.8. The molecule has 3 N–H and O–H groups in total. The minimum absolute atomic E-state index is 0.216. The number of H-pyrrole nitrogens is 1. The molecule has 0 spiro atoms. The van der Waals surface area contributed by atoms with Crippen LogP contribution in [-0.4, -0.2) is 42.8 Å². The van der Waals surface area contributed by atoms with E-state index in [4.69, 9.17) is 9.47 Å². The molecule has 1 aliphatic heterocycles. The molecule has 188 valence electrons. The van der Waals surface area contributed by atoms with Gasteiger partial charge in [0.15, 0.2) is 11.5 Å². The van der Waals surface area contributed by atoms with Gasteiger partial charge in [0.25, 0.3) is 5.56 Å². The number of carbonyl (C=O) groups excluding carboxylic acids is 1. The number of urea groups is 1. The molecule has 0 bridgehead atoms. The molecule has 0 fully saturated rings. The molecule has 0 saturated carbocycles. The van der Waals surface area contributed by atoms with Crippen molar-refractivity contribution < 1.29 is 14.3 Å². The predicted octanol–water partition coefficient (Wildman–Crippen LogP) is 4.10. The predicted molar refractivity (Wildman–Crippen MR) is 143 cm³/mol. The van der Waals surface area contributed by atoms with E-state index in [0.29, 0.717) is 42.1 Å². The van der Waals surface area contributed by atoms with E-state index in [2.05, 4.69) is 25.8 Å². The molecule has 9 heteroatoms. The molecule has 0 atom stereocenters. The summed E-state index contributed by atoms with van der Waals surface area (Å²) in [4.78, 5) is 28.8. The second-order valence-electron chi connectivity index (χ2n) is 8.66. The quantitative estimate of drug-likeness (QED) is 0.371. The standard InChI is InChI=1S/C28H27N5O4/c1-4-29-28(35)31-25-15-18-10-9-17(14-22(18)30-25)21-11-16(13-24(36-2)26(21)37-3)12-23-19-7-5-6-8-20(19)27(34)33-32-23/h5-11,13-14H,4,12,15H2,1-3H3,(H,33,34)(H2,29,30,31,35). The Morgan fingerprint density at radius 1 is 1.05 bits per heavy atom. The number of nitrogens with one attached hydrogen (secondary N) is 3. The highest BCUT2D eigenvalue weighted by Crippen LogP contribution is 2.42. The number of nitrogens with zero attached hydrogens (tertiary/aromatic N) is 2. The summed E-state index contributed by atoms with van der Waals surface area (Å²) in [5, 5.41) is 13.9. The number of fused-ring (bicyclic) bond motifs is 2. The van der Waals surface area contributed by atoms with Crippen molar-refractivity contribution in [3.63, 3.8) is 0 Å². The number of hydrogen-bond acceptors (Lipinski definition) is 6. The molecule has 5 rings (SSSR count). The van der Waals surface area contributed by atoms with E-state index in [1.165, 1.54) is 0 Å². The molecule has 1 aromatic heterocycles. The average Bonchev–Trinajstić information content (AvgIpc) is 3.31. The smallest absolute Gasteiger partial charge is 0.320 e. The van der Waals surface area contributed by atoms with Crippen LogP contribution in [0.1, 0.15) is 23.7 Å². The number of carbonyl (C=O) groups is 1. The lowest BCUT2D eigenvalue weighted by Crippen LogP contribution is -2.39. The second kappa shape index (κ2) is 10.1. The SMILES string of the molecule is CCNC(=O)NC1=Nc2cc(-c3cc(Cc4n[nH]c(=O)c5ccccc45)cc(OC)c3OC)ccc2C1. The Labute approximate surface area is 213 Å². The Balaban J connectivity index is 1.54. The molecule has 0 unspecified atom stereocenters. The van der Waals surface area contributed by atoms with Crippen molar-refractivity contribution in [3.8, 4) is 22.6 Å². The topological polar surface area (TPSA) is 118 Å². The molecule has 0 aliphatic carbocycles. The normalized spacial score (nSPS) is 12.1. The van der Waals surface area contributed by atoms with Gasteiger partial charge in [-0.15, -0.1) is 0 Å². The van der Waals surface area contributed by atoms with Gasteiger partial charge in [-0.25, -0.2) is 14.9 Å². The summed E-state index contributed by atoms with van der Waals surface area (Å²) in [6, 6.07) is 17.1. The van der Waals surface area contributed by atoms with E-state index in [1.54, 1.807) is 20.3 Å². The molecule has 37 heavy (non-hydrogen) atoms. The molecule has 9 nitrogen and oxygen atoms in total. The van der Waals surface area contributed by atoms with Crippen LogP contribution in [0.4, 0.5) is 10.5 Å². The minimum atomic E-state index is -0.267. The fraction of sp³-hybridized carbons (Fsp3) is 0.214. The molecule has 1 aliphatic rings. The fourth-order valence-corrected chi connectivity index (χ4v) is 4.60. The Morgan fingerprint density at radius 2 is 1.86 bits per heavy atom. The molecular weight excluding hydrogens is 470 g/mol. The summed E-state index contributed by atoms with van der Waals surface area (Å²) in [5.74, 6) is 1.80. The second-order valence-corrected chi connectivity index (χ2v) is 8.66. The fourth-order valence-electron chi connectivity index (χ4n) is 4.60. The van der Waals surface area contributed by atoms with Crippen LogP contribution in [0, 0.1) is 0 Å². The van der Waals surface area contributed by atoms with E-state index >= 15 is 0 Å². The minimum Gasteiger partial charge on any atom is -0.493 e. The first kappa shape index (κ1) is 24.1. The highest BCUT2D eigenvalue weighted by Gasteiger charge is 2.20. The number of aromatic nitrogens is 2. The number of amidine groups is 1. The van der Waals surface area contributed by atoms with Crippen LogP contribution in [0.5, 0.6) is 11.5 Å². The van der Waals surface area contributed by atoms with Crippen LogP contribution >= 0.6 is 0 Å². The number of benzene rings is 3. The number of hydrogen-bond donors (Lipinski definition) is 3. The van der Waals surface area contributed by atoms with Gasteiger partial charge in [0.2, 0.25) is 0 Å². The molecule has 4 aromatic rings. The third-order valence-corrected chi connectivity index (χ3v) is 6.29. The number of methoxy groups -OCH3 is 2. The van der Waals surface area contributed by atoms with Gasteiger partial charge in [-0.05, 0) is 47.9 Å². The summed E-state index contributed by atoms with van der Waals surface area (Å²) < 4.78 is 11.4. The van der Waals surface area contributed by atoms with Crippen LogP contribution in [0.15, 0.2) is 64.4 Å². The monoisotopic (exact) mass is 497 g/mol. The lowest BCUT2D eigenvalue weighted by atomic mass is 9.96. The summed E-state index contributed by atoms with van der Waals surface area (Å²) in [7, 11) is 3.21. The van der Waals surface area contributed by atoms with Gasteiger partial charge < -0.3 is 14.8 Å². The van der Waals surface area contributed by atoms with E-state index in [0.717, 1.165) is 39.0 Å². The van der Waals surface area contributed by atoms with Gasteiger partial charge in [-0.2, -0.15) is 5.10 Å². The van der Waals surface area contributed by atoms with Crippen molar-refractivity contribution in [3.05, 3.63) is 81.8 Å². The first-order valence-electron chi connectivity index (χ1n) is 12.0. The van der Waals surface area contributed by atoms with Crippen molar-refractivity contribution in [2.45, 2.75) is 19.8 Å². The average molecular weight is 498 g/mol. The first-order valence-corrected chi connectivity index (χ1v) is 12.0. The van der Waals surface area contributed by atoms with Crippen molar-refractivity contribution in [2.24, 2.45) is 4.99 Å². The van der Waals surface area contributed by atoms with Gasteiger partial charge >= 0.3 is 6.03 Å². The van der Waals surface area contributed by atoms with Gasteiger partial charge in [-0.1, -0.05) is 30.3 Å². The third-order valence-electron chi connectivity index (χ3n) is 6.29. The maximum Gasteiger partial charge on any atom is 0.320 e. The third kappa shape index (κ3) is 4.75. The zero-order valence-corrected chi connectivity index (χ0v) is 20.8. The molecule has 3 aromatic carbocycles. The number of ether oxygens (including phenoxy) is 2. The Bertz CT molecular complexity index is 1590. The lowest BCUT2D eigenvalue weighted by Gasteiger charge is -2.16. The van der Waals surface area contributed by atoms with Crippen LogP contribution in [0.25, 0.3) is 21.9 Å². The van der Waals surface area contributed by atoms with Crippen LogP contribution in [0.3, 0.4) is 0 Å². The Hall–Kier alpha value is -4.66. The summed E-state index contributed by atoms with van der Waals surface area (Å²) in [6.45, 7) is 2.40. The number of amides is 2. The van der Waals surface area contributed by atoms with Crippen molar-refractivity contribution in [2.75, 3.05) is 20.8 Å². The van der Waals surface area contributed by atoms with Crippen LogP contribution in [0.2, 0.25) is 0 Å². The summed E-state index contributed by atoms with van der Waals surface area (Å²) in [6.07, 6.45) is 1.03. The highest BCUT2D eigenvalue weighted by atomic mass is 16.5. The molecular formula is C28H27N5O4. The lowest BCUT2D eigenvalue weighted by molar-refractivity contribution is 0.245. The number of rotatable bonds is 6. The molecule has 0 radical (unpaired) electrons. The summed E-state index contributed by atoms with van der Waals surface area (Å²) >= 11 is 0. The van der Waals surface area contributed by atoms with E-state index < -0.39 is 0 Å². The number of aromatic amines is 1. The van der Waals surface area contributed by atoms with Gasteiger partial charge in [0.05, 0.1) is 31.0 Å². The maximum atomic E-state index is 12.2. The van der Waals surface area contributed by atoms with E-state index in [-0.39, 0.29) is 11.6 Å². The molecule has 0 saturated heterocycles. The Kier molecular flexibility index (Phi) is 6.59. The van der Waals surface area contributed by atoms with Crippen molar-refractivity contribution in [1.82, 2.24) is 20.8 Å². The number of aliphatic imine (C=N–C) groups is 1. The maximum absolute atomic E-state index is 12.2. The van der Waals surface area contributed by atoms with Gasteiger partial charge in [-0.3, -0.25) is 10.1 Å². The highest BCUT2D eigenvalue weighted by molar-refractivity contribution is 6.02. The van der Waals surface area contributed by atoms with Crippen LogP contribution in [-0.2, 0) is 12.8 Å². The molecule has 2 amide bonds.